The van der Waals surface area contributed by atoms with Gasteiger partial charge in [-0.1, -0.05) is 32.9 Å². The molecule has 0 spiro atoms. The van der Waals surface area contributed by atoms with E-state index in [0.29, 0.717) is 18.7 Å². The Morgan fingerprint density at radius 2 is 1.76 bits per heavy atom. The minimum atomic E-state index is -0.952. The third-order valence-corrected chi connectivity index (χ3v) is 5.43. The van der Waals surface area contributed by atoms with E-state index >= 15 is 0 Å². The lowest BCUT2D eigenvalue weighted by Crippen LogP contribution is -2.44. The number of hydrogen-bond donors (Lipinski definition) is 0. The lowest BCUT2D eigenvalue weighted by molar-refractivity contribution is 0.0171. The van der Waals surface area contributed by atoms with Crippen LogP contribution in [-0.4, -0.2) is 44.5 Å². The SMILES string of the molecule is C[Si](C)Oc1cccc(C(=O)[C@@H]2CCCN(C(=O)OC(C)(C)C)C2)c1C(C)(C)C. The largest absolute Gasteiger partial charge is 0.542 e. The topological polar surface area (TPSA) is 55.8 Å². The van der Waals surface area contributed by atoms with E-state index < -0.39 is 14.6 Å². The molecular formula is C23H36NO4Si. The van der Waals surface area contributed by atoms with Gasteiger partial charge < -0.3 is 14.1 Å². The molecule has 1 saturated heterocycles. The van der Waals surface area contributed by atoms with E-state index in [9.17, 15) is 9.59 Å². The molecule has 1 aromatic carbocycles. The Bertz CT molecular complexity index is 746. The molecule has 1 radical (unpaired) electrons. The zero-order chi connectivity index (χ0) is 22.0. The number of amides is 1. The summed E-state index contributed by atoms with van der Waals surface area (Å²) in [6.45, 7) is 17.1. The first-order valence-electron chi connectivity index (χ1n) is 10.4. The summed E-state index contributed by atoms with van der Waals surface area (Å²) in [5.74, 6) is 0.678. The highest BCUT2D eigenvalue weighted by Gasteiger charge is 2.34. The zero-order valence-electron chi connectivity index (χ0n) is 19.2. The molecule has 1 fully saturated rings. The Hall–Kier alpha value is -1.82. The van der Waals surface area contributed by atoms with Crippen molar-refractivity contribution < 1.29 is 18.8 Å². The zero-order valence-corrected chi connectivity index (χ0v) is 20.2. The fourth-order valence-corrected chi connectivity index (χ4v) is 4.33. The fourth-order valence-electron chi connectivity index (χ4n) is 3.72. The van der Waals surface area contributed by atoms with Crippen LogP contribution < -0.4 is 4.43 Å². The van der Waals surface area contributed by atoms with Gasteiger partial charge in [0.25, 0.3) is 9.04 Å². The summed E-state index contributed by atoms with van der Waals surface area (Å²) in [6, 6.07) is 5.76. The maximum atomic E-state index is 13.5. The molecule has 2 rings (SSSR count). The second-order valence-corrected chi connectivity index (χ2v) is 12.1. The van der Waals surface area contributed by atoms with E-state index in [1.54, 1.807) is 4.90 Å². The minimum absolute atomic E-state index is 0.0922. The molecule has 6 heteroatoms. The van der Waals surface area contributed by atoms with Gasteiger partial charge >= 0.3 is 6.09 Å². The van der Waals surface area contributed by atoms with Crippen molar-refractivity contribution in [1.29, 1.82) is 0 Å². The van der Waals surface area contributed by atoms with Gasteiger partial charge in [-0.3, -0.25) is 4.79 Å². The van der Waals surface area contributed by atoms with Crippen molar-refractivity contribution in [3.63, 3.8) is 0 Å². The van der Waals surface area contributed by atoms with Crippen LogP contribution >= 0.6 is 0 Å². The third-order valence-electron chi connectivity index (χ3n) is 4.80. The first-order chi connectivity index (χ1) is 13.3. The number of carbonyl (C=O) groups is 2. The summed E-state index contributed by atoms with van der Waals surface area (Å²) in [5.41, 5.74) is 0.914. The van der Waals surface area contributed by atoms with Crippen molar-refractivity contribution >= 4 is 20.9 Å². The van der Waals surface area contributed by atoms with Gasteiger partial charge in [0.05, 0.1) is 0 Å². The molecule has 1 aromatic rings. The lowest BCUT2D eigenvalue weighted by Gasteiger charge is -2.34. The minimum Gasteiger partial charge on any atom is -0.542 e. The molecular weight excluding hydrogens is 382 g/mol. The Labute approximate surface area is 177 Å². The molecule has 1 heterocycles. The van der Waals surface area contributed by atoms with E-state index in [-0.39, 0.29) is 23.2 Å². The van der Waals surface area contributed by atoms with Crippen molar-refractivity contribution in [3.8, 4) is 5.75 Å². The van der Waals surface area contributed by atoms with Crippen LogP contribution in [0.3, 0.4) is 0 Å². The smallest absolute Gasteiger partial charge is 0.410 e. The molecule has 0 aliphatic carbocycles. The number of piperidine rings is 1. The highest BCUT2D eigenvalue weighted by atomic mass is 28.3. The summed E-state index contributed by atoms with van der Waals surface area (Å²) >= 11 is 0. The van der Waals surface area contributed by atoms with Gasteiger partial charge in [-0.25, -0.2) is 4.79 Å². The molecule has 5 nitrogen and oxygen atoms in total. The molecule has 0 N–H and O–H groups in total. The van der Waals surface area contributed by atoms with Gasteiger partial charge in [-0.15, -0.1) is 0 Å². The molecule has 1 atom stereocenters. The maximum Gasteiger partial charge on any atom is 0.410 e. The normalized spacial score (nSPS) is 18.0. The van der Waals surface area contributed by atoms with Crippen molar-refractivity contribution in [2.24, 2.45) is 5.92 Å². The van der Waals surface area contributed by atoms with E-state index in [4.69, 9.17) is 9.16 Å². The summed E-state index contributed by atoms with van der Waals surface area (Å²) in [6.07, 6.45) is 1.24. The van der Waals surface area contributed by atoms with Gasteiger partial charge in [-0.05, 0) is 58.2 Å². The number of ether oxygens (including phenoxy) is 1. The summed E-state index contributed by atoms with van der Waals surface area (Å²) in [7, 11) is -0.952. The number of carbonyl (C=O) groups excluding carboxylic acids is 2. The van der Waals surface area contributed by atoms with Gasteiger partial charge in [-0.2, -0.15) is 0 Å². The van der Waals surface area contributed by atoms with Crippen LogP contribution in [0.1, 0.15) is 70.3 Å². The lowest BCUT2D eigenvalue weighted by atomic mass is 9.79. The Kier molecular flexibility index (Phi) is 7.20. The number of rotatable bonds is 4. The Morgan fingerprint density at radius 1 is 1.10 bits per heavy atom. The Morgan fingerprint density at radius 3 is 2.31 bits per heavy atom. The molecule has 161 valence electrons. The van der Waals surface area contributed by atoms with Gasteiger partial charge in [0.15, 0.2) is 5.78 Å². The predicted octanol–water partition coefficient (Wildman–Crippen LogP) is 5.44. The number of likely N-dealkylation sites (tertiary alicyclic amines) is 1. The van der Waals surface area contributed by atoms with Crippen LogP contribution in [0.5, 0.6) is 5.75 Å². The second kappa shape index (κ2) is 8.90. The van der Waals surface area contributed by atoms with Crippen molar-refractivity contribution in [3.05, 3.63) is 29.3 Å². The van der Waals surface area contributed by atoms with E-state index in [0.717, 1.165) is 24.2 Å². The summed E-state index contributed by atoms with van der Waals surface area (Å²) in [5, 5.41) is 0. The first-order valence-corrected chi connectivity index (χ1v) is 12.8. The molecule has 0 aromatic heterocycles. The van der Waals surface area contributed by atoms with E-state index in [1.807, 2.05) is 39.0 Å². The maximum absolute atomic E-state index is 13.5. The number of hydrogen-bond acceptors (Lipinski definition) is 4. The van der Waals surface area contributed by atoms with Crippen LogP contribution in [-0.2, 0) is 10.2 Å². The van der Waals surface area contributed by atoms with Crippen molar-refractivity contribution in [1.82, 2.24) is 4.90 Å². The molecule has 1 amide bonds. The van der Waals surface area contributed by atoms with E-state index in [2.05, 4.69) is 33.9 Å². The monoisotopic (exact) mass is 418 g/mol. The van der Waals surface area contributed by atoms with Crippen LogP contribution in [0, 0.1) is 5.92 Å². The number of nitrogens with zero attached hydrogens (tertiary/aromatic N) is 1. The van der Waals surface area contributed by atoms with Crippen molar-refractivity contribution in [2.45, 2.75) is 78.5 Å². The van der Waals surface area contributed by atoms with Crippen LogP contribution in [0.4, 0.5) is 4.79 Å². The predicted molar refractivity (Wildman–Crippen MR) is 118 cm³/mol. The molecule has 29 heavy (non-hydrogen) atoms. The number of ketones is 1. The molecule has 0 saturated carbocycles. The summed E-state index contributed by atoms with van der Waals surface area (Å²) < 4.78 is 11.6. The Balaban J connectivity index is 2.30. The standard InChI is InChI=1S/C23H36NO4Si/c1-22(2,3)19-17(12-9-13-18(19)28-29(7)8)20(25)16-11-10-14-24(15-16)21(26)27-23(4,5)6/h9,12-13,16H,10-11,14-15H2,1-8H3/t16-/m1/s1. The van der Waals surface area contributed by atoms with Crippen LogP contribution in [0.25, 0.3) is 0 Å². The summed E-state index contributed by atoms with van der Waals surface area (Å²) in [4.78, 5) is 27.7. The highest BCUT2D eigenvalue weighted by molar-refractivity contribution is 6.49. The first kappa shape index (κ1) is 23.5. The van der Waals surface area contributed by atoms with Gasteiger partial charge in [0.2, 0.25) is 0 Å². The fraction of sp³-hybridized carbons (Fsp3) is 0.652. The quantitative estimate of drug-likeness (QED) is 0.482. The highest BCUT2D eigenvalue weighted by Crippen LogP contribution is 2.37. The van der Waals surface area contributed by atoms with E-state index in [1.165, 1.54) is 0 Å². The average Bonchev–Trinajstić information content (AvgIpc) is 2.58. The van der Waals surface area contributed by atoms with Gasteiger partial charge in [0.1, 0.15) is 11.4 Å². The molecule has 1 aliphatic rings. The van der Waals surface area contributed by atoms with Crippen LogP contribution in [0.15, 0.2) is 18.2 Å². The van der Waals surface area contributed by atoms with Crippen LogP contribution in [0.2, 0.25) is 13.1 Å². The third kappa shape index (κ3) is 6.33. The van der Waals surface area contributed by atoms with Gasteiger partial charge in [0, 0.05) is 30.1 Å². The van der Waals surface area contributed by atoms with Crippen molar-refractivity contribution in [2.75, 3.05) is 13.1 Å². The number of Topliss-reactive ketones (excluding diaryl/α,β-unsaturated/α-hetero) is 1. The number of benzene rings is 1. The molecule has 1 aliphatic heterocycles. The molecule has 0 unspecified atom stereocenters. The molecule has 0 bridgehead atoms. The second-order valence-electron chi connectivity index (χ2n) is 10.1. The average molecular weight is 419 g/mol.